The van der Waals surface area contributed by atoms with Gasteiger partial charge in [0, 0.05) is 37.4 Å². The minimum atomic E-state index is -0.509. The molecule has 0 radical (unpaired) electrons. The van der Waals surface area contributed by atoms with Crippen LogP contribution in [-0.4, -0.2) is 22.5 Å². The van der Waals surface area contributed by atoms with E-state index in [2.05, 4.69) is 11.1 Å². The van der Waals surface area contributed by atoms with Gasteiger partial charge in [0.1, 0.15) is 0 Å². The van der Waals surface area contributed by atoms with Gasteiger partial charge < -0.3 is 4.74 Å². The van der Waals surface area contributed by atoms with Gasteiger partial charge in [0.2, 0.25) is 0 Å². The molecular formula is C18H17N3O4. The Labute approximate surface area is 145 Å². The second kappa shape index (κ2) is 8.55. The summed E-state index contributed by atoms with van der Waals surface area (Å²) in [5, 5.41) is 20.5. The first-order chi connectivity index (χ1) is 12.0. The van der Waals surface area contributed by atoms with E-state index in [9.17, 15) is 20.2 Å². The number of nitro benzene ring substituents is 1. The Balaban J connectivity index is 2.32. The van der Waals surface area contributed by atoms with E-state index in [1.807, 2.05) is 6.07 Å². The molecule has 0 amide bonds. The van der Waals surface area contributed by atoms with Gasteiger partial charge in [0.05, 0.1) is 23.5 Å². The topological polar surface area (TPSA) is 106 Å². The molecule has 0 bridgehead atoms. The van der Waals surface area contributed by atoms with E-state index in [0.29, 0.717) is 6.42 Å². The van der Waals surface area contributed by atoms with E-state index in [-0.39, 0.29) is 18.2 Å². The van der Waals surface area contributed by atoms with Gasteiger partial charge >= 0.3 is 5.97 Å². The summed E-state index contributed by atoms with van der Waals surface area (Å²) in [5.74, 6) is -1.18. The molecule has 128 valence electrons. The molecule has 0 N–H and O–H groups in total. The van der Waals surface area contributed by atoms with Crippen molar-refractivity contribution in [1.82, 2.24) is 4.98 Å². The Morgan fingerprint density at radius 2 is 2.04 bits per heavy atom. The maximum Gasteiger partial charge on any atom is 0.302 e. The maximum atomic E-state index is 11.0. The van der Waals surface area contributed by atoms with Crippen molar-refractivity contribution in [3.8, 4) is 6.07 Å². The minimum absolute atomic E-state index is 0.0163. The van der Waals surface area contributed by atoms with E-state index < -0.39 is 16.8 Å². The third-order valence-electron chi connectivity index (χ3n) is 3.85. The van der Waals surface area contributed by atoms with Gasteiger partial charge in [-0.25, -0.2) is 0 Å². The molecule has 1 aromatic heterocycles. The number of hydrogen-bond donors (Lipinski definition) is 0. The molecule has 2 atom stereocenters. The van der Waals surface area contributed by atoms with Crippen LogP contribution in [0.3, 0.4) is 0 Å². The third kappa shape index (κ3) is 4.85. The second-order valence-electron chi connectivity index (χ2n) is 5.48. The average molecular weight is 339 g/mol. The maximum absolute atomic E-state index is 11.0. The Kier molecular flexibility index (Phi) is 6.18. The molecule has 0 fully saturated rings. The third-order valence-corrected chi connectivity index (χ3v) is 3.85. The van der Waals surface area contributed by atoms with Crippen molar-refractivity contribution in [3.63, 3.8) is 0 Å². The first kappa shape index (κ1) is 18.1. The Morgan fingerprint density at radius 1 is 1.32 bits per heavy atom. The molecule has 2 rings (SSSR count). The molecule has 7 nitrogen and oxygen atoms in total. The van der Waals surface area contributed by atoms with Crippen LogP contribution in [0.5, 0.6) is 0 Å². The molecule has 2 aromatic rings. The van der Waals surface area contributed by atoms with Gasteiger partial charge in [0.25, 0.3) is 5.69 Å². The van der Waals surface area contributed by atoms with Crippen LogP contribution in [0.2, 0.25) is 0 Å². The van der Waals surface area contributed by atoms with Crippen molar-refractivity contribution >= 4 is 11.7 Å². The van der Waals surface area contributed by atoms with Gasteiger partial charge in [-0.05, 0) is 23.6 Å². The lowest BCUT2D eigenvalue weighted by Crippen LogP contribution is -2.14. The van der Waals surface area contributed by atoms with Crippen LogP contribution in [0.25, 0.3) is 0 Å². The summed E-state index contributed by atoms with van der Waals surface area (Å²) in [6, 6.07) is 11.9. The number of ether oxygens (including phenoxy) is 1. The Hall–Kier alpha value is -3.27. The highest BCUT2D eigenvalue weighted by Gasteiger charge is 2.26. The molecule has 0 aliphatic carbocycles. The largest absolute Gasteiger partial charge is 0.466 e. The molecular weight excluding hydrogens is 322 g/mol. The number of aromatic nitrogens is 1. The van der Waals surface area contributed by atoms with Gasteiger partial charge in [-0.15, -0.1) is 0 Å². The number of nitrogens with zero attached hydrogens (tertiary/aromatic N) is 3. The molecule has 0 spiro atoms. The fourth-order valence-corrected chi connectivity index (χ4v) is 2.66. The standard InChI is InChI=1S/C18H17N3O4/c1-13(22)25-10-8-17(14-4-6-16(7-5-14)21(23)24)18(11-19)15-3-2-9-20-12-15/h2-7,9,12,17-18H,8,10H2,1H3/t17-,18+/m1/s1. The van der Waals surface area contributed by atoms with Gasteiger partial charge in [-0.1, -0.05) is 18.2 Å². The number of pyridine rings is 1. The van der Waals surface area contributed by atoms with Crippen molar-refractivity contribution < 1.29 is 14.5 Å². The lowest BCUT2D eigenvalue weighted by molar-refractivity contribution is -0.384. The summed E-state index contributed by atoms with van der Waals surface area (Å²) in [6.45, 7) is 1.49. The van der Waals surface area contributed by atoms with Crippen LogP contribution < -0.4 is 0 Å². The number of carbonyl (C=O) groups is 1. The SMILES string of the molecule is CC(=O)OCC[C@H](c1ccc([N+](=O)[O-])cc1)[C@@H](C#N)c1cccnc1. The number of nitro groups is 1. The lowest BCUT2D eigenvalue weighted by atomic mass is 9.81. The lowest BCUT2D eigenvalue weighted by Gasteiger charge is -2.22. The highest BCUT2D eigenvalue weighted by atomic mass is 16.6. The van der Waals surface area contributed by atoms with E-state index in [4.69, 9.17) is 4.74 Å². The molecule has 0 saturated heterocycles. The summed E-state index contributed by atoms with van der Waals surface area (Å²) >= 11 is 0. The Morgan fingerprint density at radius 3 is 2.56 bits per heavy atom. The summed E-state index contributed by atoms with van der Waals surface area (Å²) < 4.78 is 5.01. The molecule has 0 saturated carbocycles. The van der Waals surface area contributed by atoms with E-state index in [0.717, 1.165) is 11.1 Å². The van der Waals surface area contributed by atoms with Gasteiger partial charge in [-0.2, -0.15) is 5.26 Å². The number of benzene rings is 1. The summed E-state index contributed by atoms with van der Waals surface area (Å²) in [7, 11) is 0. The summed E-state index contributed by atoms with van der Waals surface area (Å²) in [6.07, 6.45) is 3.67. The van der Waals surface area contributed by atoms with Crippen LogP contribution >= 0.6 is 0 Å². The normalized spacial score (nSPS) is 12.6. The van der Waals surface area contributed by atoms with E-state index in [1.165, 1.54) is 19.1 Å². The van der Waals surface area contributed by atoms with Crippen molar-refractivity contribution in [2.45, 2.75) is 25.2 Å². The molecule has 1 heterocycles. The van der Waals surface area contributed by atoms with Gasteiger partial charge in [-0.3, -0.25) is 19.9 Å². The highest BCUT2D eigenvalue weighted by molar-refractivity contribution is 5.65. The molecule has 0 aliphatic rings. The smallest absolute Gasteiger partial charge is 0.302 e. The molecule has 0 aliphatic heterocycles. The monoisotopic (exact) mass is 339 g/mol. The zero-order chi connectivity index (χ0) is 18.2. The number of esters is 1. The number of hydrogen-bond acceptors (Lipinski definition) is 6. The van der Waals surface area contributed by atoms with Crippen molar-refractivity contribution in [1.29, 1.82) is 5.26 Å². The summed E-state index contributed by atoms with van der Waals surface area (Å²) in [5.41, 5.74) is 1.50. The fourth-order valence-electron chi connectivity index (χ4n) is 2.66. The van der Waals surface area contributed by atoms with Crippen LogP contribution in [-0.2, 0) is 9.53 Å². The predicted molar refractivity (Wildman–Crippen MR) is 89.7 cm³/mol. The first-order valence-electron chi connectivity index (χ1n) is 7.70. The highest BCUT2D eigenvalue weighted by Crippen LogP contribution is 2.35. The average Bonchev–Trinajstić information content (AvgIpc) is 2.62. The quantitative estimate of drug-likeness (QED) is 0.435. The number of carbonyl (C=O) groups excluding carboxylic acids is 1. The zero-order valence-corrected chi connectivity index (χ0v) is 13.7. The van der Waals surface area contributed by atoms with Crippen molar-refractivity contribution in [3.05, 3.63) is 70.0 Å². The predicted octanol–water partition coefficient (Wildman–Crippen LogP) is 3.33. The van der Waals surface area contributed by atoms with E-state index in [1.54, 1.807) is 30.6 Å². The minimum Gasteiger partial charge on any atom is -0.466 e. The van der Waals surface area contributed by atoms with Crippen molar-refractivity contribution in [2.75, 3.05) is 6.61 Å². The van der Waals surface area contributed by atoms with Crippen LogP contribution in [0.1, 0.15) is 36.3 Å². The zero-order valence-electron chi connectivity index (χ0n) is 13.7. The molecule has 25 heavy (non-hydrogen) atoms. The number of nitriles is 1. The van der Waals surface area contributed by atoms with Crippen molar-refractivity contribution in [2.24, 2.45) is 0 Å². The fraction of sp³-hybridized carbons (Fsp3) is 0.278. The van der Waals surface area contributed by atoms with E-state index >= 15 is 0 Å². The molecule has 1 aromatic carbocycles. The molecule has 7 heteroatoms. The Bertz CT molecular complexity index is 769. The second-order valence-corrected chi connectivity index (χ2v) is 5.48. The van der Waals surface area contributed by atoms with Crippen LogP contribution in [0, 0.1) is 21.4 Å². The van der Waals surface area contributed by atoms with Gasteiger partial charge in [0.15, 0.2) is 0 Å². The summed E-state index contributed by atoms with van der Waals surface area (Å²) in [4.78, 5) is 25.4. The van der Waals surface area contributed by atoms with Crippen LogP contribution in [0.15, 0.2) is 48.8 Å². The first-order valence-corrected chi connectivity index (χ1v) is 7.70. The number of non-ortho nitro benzene ring substituents is 1. The number of rotatable bonds is 7. The van der Waals surface area contributed by atoms with Crippen LogP contribution in [0.4, 0.5) is 5.69 Å². The molecule has 0 unspecified atom stereocenters.